The van der Waals surface area contributed by atoms with E-state index in [0.717, 1.165) is 0 Å². The average molecular weight is 492 g/mol. The zero-order valence-corrected chi connectivity index (χ0v) is 19.2. The number of aliphatic hydroxyl groups is 5. The molecule has 2 heterocycles. The molecule has 11 nitrogen and oxygen atoms in total. The van der Waals surface area contributed by atoms with Crippen LogP contribution in [-0.4, -0.2) is 95.1 Å². The summed E-state index contributed by atoms with van der Waals surface area (Å²) >= 11 is 0. The fourth-order valence-corrected chi connectivity index (χ4v) is 4.11. The summed E-state index contributed by atoms with van der Waals surface area (Å²) in [5.74, 6) is 0.156. The van der Waals surface area contributed by atoms with Crippen LogP contribution in [0.3, 0.4) is 0 Å². The van der Waals surface area contributed by atoms with E-state index in [9.17, 15) is 30.3 Å². The summed E-state index contributed by atoms with van der Waals surface area (Å²) in [5, 5.41) is 51.2. The first kappa shape index (κ1) is 25.2. The van der Waals surface area contributed by atoms with Crippen LogP contribution in [0.5, 0.6) is 23.0 Å². The lowest BCUT2D eigenvalue weighted by Crippen LogP contribution is -2.60. The van der Waals surface area contributed by atoms with E-state index in [2.05, 4.69) is 0 Å². The molecule has 1 saturated heterocycles. The maximum absolute atomic E-state index is 13.5. The summed E-state index contributed by atoms with van der Waals surface area (Å²) in [4.78, 5) is 13.5. The van der Waals surface area contributed by atoms with Crippen LogP contribution in [-0.2, 0) is 11.2 Å². The van der Waals surface area contributed by atoms with Crippen LogP contribution in [0.2, 0.25) is 0 Å². The van der Waals surface area contributed by atoms with E-state index < -0.39 is 48.7 Å². The molecule has 0 aliphatic carbocycles. The van der Waals surface area contributed by atoms with Crippen molar-refractivity contribution in [3.63, 3.8) is 0 Å². The summed E-state index contributed by atoms with van der Waals surface area (Å²) in [6.07, 6.45) is -7.77. The number of ketones is 1. The molecule has 0 aromatic heterocycles. The number of carbonyl (C=O) groups excluding carboxylic acids is 1. The van der Waals surface area contributed by atoms with Crippen LogP contribution in [0, 0.1) is 0 Å². The highest BCUT2D eigenvalue weighted by Gasteiger charge is 2.47. The number of ether oxygens (including phenoxy) is 5. The van der Waals surface area contributed by atoms with Crippen LogP contribution in [0.1, 0.15) is 15.9 Å². The summed E-state index contributed by atoms with van der Waals surface area (Å²) < 4.78 is 27.2. The Bertz CT molecular complexity index is 1050. The molecule has 0 saturated carbocycles. The Kier molecular flexibility index (Phi) is 7.17. The molecule has 2 aromatic carbocycles. The zero-order valence-electron chi connectivity index (χ0n) is 19.2. The van der Waals surface area contributed by atoms with E-state index in [-0.39, 0.29) is 35.8 Å². The molecule has 5 N–H and O–H groups in total. The van der Waals surface area contributed by atoms with Gasteiger partial charge in [-0.25, -0.2) is 0 Å². The van der Waals surface area contributed by atoms with Crippen molar-refractivity contribution in [2.45, 2.75) is 42.7 Å². The molecule has 2 aromatic rings. The molecule has 6 atom stereocenters. The van der Waals surface area contributed by atoms with Crippen LogP contribution in [0.25, 0.3) is 0 Å². The monoisotopic (exact) mass is 492 g/mol. The Morgan fingerprint density at radius 2 is 1.69 bits per heavy atom. The highest BCUT2D eigenvalue weighted by Crippen LogP contribution is 2.42. The molecular formula is C24H28O11. The smallest absolute Gasteiger partial charge is 0.229 e. The maximum atomic E-state index is 13.5. The zero-order chi connectivity index (χ0) is 25.3. The second-order valence-electron chi connectivity index (χ2n) is 8.49. The largest absolute Gasteiger partial charge is 0.497 e. The van der Waals surface area contributed by atoms with E-state index in [1.54, 1.807) is 24.3 Å². The summed E-state index contributed by atoms with van der Waals surface area (Å²) in [7, 11) is 2.92. The van der Waals surface area contributed by atoms with Gasteiger partial charge < -0.3 is 49.2 Å². The Balaban J connectivity index is 1.66. The van der Waals surface area contributed by atoms with Crippen LogP contribution in [0.4, 0.5) is 0 Å². The van der Waals surface area contributed by atoms with Crippen LogP contribution >= 0.6 is 0 Å². The topological polar surface area (TPSA) is 164 Å². The van der Waals surface area contributed by atoms with Gasteiger partial charge in [0.15, 0.2) is 5.60 Å². The number of hydrogen-bond donors (Lipinski definition) is 5. The van der Waals surface area contributed by atoms with E-state index >= 15 is 0 Å². The Labute approximate surface area is 201 Å². The lowest BCUT2D eigenvalue weighted by molar-refractivity contribution is -0.277. The van der Waals surface area contributed by atoms with Crippen LogP contribution < -0.4 is 18.9 Å². The summed E-state index contributed by atoms with van der Waals surface area (Å²) in [5.41, 5.74) is -1.37. The first-order chi connectivity index (χ1) is 16.7. The molecule has 4 rings (SSSR count). The first-order valence-electron chi connectivity index (χ1n) is 10.9. The molecule has 1 fully saturated rings. The minimum absolute atomic E-state index is 0.0548. The second-order valence-corrected chi connectivity index (χ2v) is 8.49. The second kappa shape index (κ2) is 9.97. The first-order valence-corrected chi connectivity index (χ1v) is 10.9. The molecule has 0 amide bonds. The predicted molar refractivity (Wildman–Crippen MR) is 119 cm³/mol. The summed E-state index contributed by atoms with van der Waals surface area (Å²) in [6, 6.07) is 9.66. The number of fused-ring (bicyclic) bond motifs is 1. The molecule has 0 spiro atoms. The van der Waals surface area contributed by atoms with Gasteiger partial charge in [0.25, 0.3) is 0 Å². The minimum Gasteiger partial charge on any atom is -0.497 e. The van der Waals surface area contributed by atoms with Crippen molar-refractivity contribution in [3.05, 3.63) is 47.5 Å². The Morgan fingerprint density at radius 3 is 2.31 bits per heavy atom. The predicted octanol–water partition coefficient (Wildman–Crippen LogP) is -0.569. The average Bonchev–Trinajstić information content (AvgIpc) is 2.87. The highest BCUT2D eigenvalue weighted by atomic mass is 16.7. The molecule has 0 unspecified atom stereocenters. The third-order valence-electron chi connectivity index (χ3n) is 6.14. The van der Waals surface area contributed by atoms with Crippen molar-refractivity contribution < 1.29 is 54.0 Å². The number of benzene rings is 2. The lowest BCUT2D eigenvalue weighted by Gasteiger charge is -2.40. The van der Waals surface area contributed by atoms with Gasteiger partial charge >= 0.3 is 0 Å². The SMILES string of the molecule is COc1ccc(C[C@]2(O)COc3cc(OC)cc(O[C@@H]4O[C@H](CO)[C@@H](O)[C@H](O)[C@H]4O)c3C2=O)cc1. The van der Waals surface area contributed by atoms with Crippen molar-refractivity contribution >= 4 is 5.78 Å². The van der Waals surface area contributed by atoms with E-state index in [1.807, 2.05) is 0 Å². The number of aliphatic hydroxyl groups excluding tert-OH is 4. The molecule has 11 heteroatoms. The quantitative estimate of drug-likeness (QED) is 0.336. The maximum Gasteiger partial charge on any atom is 0.229 e. The van der Waals surface area contributed by atoms with Gasteiger partial charge in [0.2, 0.25) is 12.1 Å². The van der Waals surface area contributed by atoms with Gasteiger partial charge in [-0.05, 0) is 17.7 Å². The third kappa shape index (κ3) is 4.79. The van der Waals surface area contributed by atoms with Crippen molar-refractivity contribution in [1.82, 2.24) is 0 Å². The Morgan fingerprint density at radius 1 is 1.00 bits per heavy atom. The van der Waals surface area contributed by atoms with Gasteiger partial charge in [0.05, 0.1) is 20.8 Å². The van der Waals surface area contributed by atoms with Crippen molar-refractivity contribution in [1.29, 1.82) is 0 Å². The fourth-order valence-electron chi connectivity index (χ4n) is 4.11. The molecular weight excluding hydrogens is 464 g/mol. The number of carbonyl (C=O) groups is 1. The fraction of sp³-hybridized carbons (Fsp3) is 0.458. The summed E-state index contributed by atoms with van der Waals surface area (Å²) in [6.45, 7) is -0.970. The normalized spacial score (nSPS) is 30.3. The van der Waals surface area contributed by atoms with E-state index in [1.165, 1.54) is 26.4 Å². The molecule has 190 valence electrons. The lowest BCUT2D eigenvalue weighted by atomic mass is 9.85. The number of hydrogen-bond acceptors (Lipinski definition) is 11. The number of Topliss-reactive ketones (excluding diaryl/α,β-unsaturated/α-hetero) is 1. The van der Waals surface area contributed by atoms with E-state index in [4.69, 9.17) is 23.7 Å². The number of methoxy groups -OCH3 is 2. The minimum atomic E-state index is -1.93. The molecule has 0 bridgehead atoms. The van der Waals surface area contributed by atoms with Crippen LogP contribution in [0.15, 0.2) is 36.4 Å². The van der Waals surface area contributed by atoms with Gasteiger partial charge in [-0.2, -0.15) is 0 Å². The van der Waals surface area contributed by atoms with Gasteiger partial charge in [-0.3, -0.25) is 4.79 Å². The van der Waals surface area contributed by atoms with Crippen molar-refractivity contribution in [2.24, 2.45) is 0 Å². The van der Waals surface area contributed by atoms with Crippen molar-refractivity contribution in [2.75, 3.05) is 27.4 Å². The Hall–Kier alpha value is -2.93. The molecule has 2 aliphatic rings. The van der Waals surface area contributed by atoms with Gasteiger partial charge in [0, 0.05) is 18.6 Å². The van der Waals surface area contributed by atoms with Gasteiger partial charge in [-0.1, -0.05) is 12.1 Å². The third-order valence-corrected chi connectivity index (χ3v) is 6.14. The van der Waals surface area contributed by atoms with Gasteiger partial charge in [-0.15, -0.1) is 0 Å². The molecule has 0 radical (unpaired) electrons. The standard InChI is InChI=1S/C24H28O11/c1-31-13-5-3-12(4-6-13)9-24(30)11-33-15-7-14(32-2)8-16(18(15)22(24)29)34-23-21(28)20(27)19(26)17(10-25)35-23/h3-8,17,19-21,23,25-28,30H,9-11H2,1-2H3/t17-,19-,20+,21-,23-,24+/m1/s1. The van der Waals surface area contributed by atoms with Gasteiger partial charge in [0.1, 0.15) is 59.6 Å². The van der Waals surface area contributed by atoms with E-state index in [0.29, 0.717) is 11.3 Å². The number of rotatable bonds is 7. The highest BCUT2D eigenvalue weighted by molar-refractivity contribution is 6.08. The molecule has 35 heavy (non-hydrogen) atoms. The van der Waals surface area contributed by atoms with Crippen molar-refractivity contribution in [3.8, 4) is 23.0 Å². The molecule has 2 aliphatic heterocycles.